The molecule has 200 valence electrons. The number of nitrogens with zero attached hydrogens (tertiary/aromatic N) is 2. The summed E-state index contributed by atoms with van der Waals surface area (Å²) in [6.07, 6.45) is -0.386. The second-order valence-corrected chi connectivity index (χ2v) is 10.9. The van der Waals surface area contributed by atoms with Gasteiger partial charge in [-0.2, -0.15) is 0 Å². The van der Waals surface area contributed by atoms with Crippen LogP contribution in [0.3, 0.4) is 0 Å². The zero-order valence-electron chi connectivity index (χ0n) is 22.7. The molecule has 0 spiro atoms. The van der Waals surface area contributed by atoms with E-state index in [1.165, 1.54) is 21.5 Å². The number of aromatic nitrogens is 1. The Morgan fingerprint density at radius 3 is 2.21 bits per heavy atom. The van der Waals surface area contributed by atoms with Crippen molar-refractivity contribution in [3.63, 3.8) is 0 Å². The molecule has 9 rings (SSSR count). The van der Waals surface area contributed by atoms with Gasteiger partial charge in [-0.3, -0.25) is 9.88 Å². The molecule has 2 atom stereocenters. The average molecular weight is 543 g/mol. The molecule has 0 radical (unpaired) electrons. The second kappa shape index (κ2) is 9.06. The minimum absolute atomic E-state index is 0.138. The molecule has 5 nitrogen and oxygen atoms in total. The molecule has 2 unspecified atom stereocenters. The fourth-order valence-corrected chi connectivity index (χ4v) is 6.44. The van der Waals surface area contributed by atoms with Gasteiger partial charge >= 0.3 is 0 Å². The summed E-state index contributed by atoms with van der Waals surface area (Å²) in [6.45, 7) is 0. The van der Waals surface area contributed by atoms with Crippen LogP contribution in [0.5, 0.6) is 0 Å². The van der Waals surface area contributed by atoms with Crippen LogP contribution in [0.1, 0.15) is 23.5 Å². The first-order valence-electron chi connectivity index (χ1n) is 14.3. The van der Waals surface area contributed by atoms with Crippen molar-refractivity contribution in [3.05, 3.63) is 145 Å². The number of aliphatic imine (C=N–C) groups is 1. The maximum Gasteiger partial charge on any atom is 0.206 e. The fraction of sp³-hybridized carbons (Fsp3) is 0.0541. The maximum absolute atomic E-state index is 6.33. The lowest BCUT2D eigenvalue weighted by molar-refractivity contribution is 0.403. The van der Waals surface area contributed by atoms with Crippen molar-refractivity contribution in [1.29, 1.82) is 0 Å². The number of fused-ring (bicyclic) bond motifs is 7. The molecular weight excluding hydrogens is 516 g/mol. The Morgan fingerprint density at radius 1 is 0.548 bits per heavy atom. The Labute approximate surface area is 241 Å². The van der Waals surface area contributed by atoms with Gasteiger partial charge < -0.3 is 9.73 Å². The summed E-state index contributed by atoms with van der Waals surface area (Å²) in [4.78, 5) is 5.33. The molecule has 0 fully saturated rings. The predicted octanol–water partition coefficient (Wildman–Crippen LogP) is 8.64. The van der Waals surface area contributed by atoms with Crippen LogP contribution in [0.2, 0.25) is 0 Å². The van der Waals surface area contributed by atoms with Crippen molar-refractivity contribution >= 4 is 60.5 Å². The van der Waals surface area contributed by atoms with E-state index >= 15 is 0 Å². The summed E-state index contributed by atoms with van der Waals surface area (Å²) in [7, 11) is 0. The van der Waals surface area contributed by atoms with Crippen molar-refractivity contribution < 1.29 is 4.42 Å². The molecule has 0 saturated heterocycles. The highest BCUT2D eigenvalue weighted by molar-refractivity contribution is 6.19. The van der Waals surface area contributed by atoms with Crippen molar-refractivity contribution in [1.82, 2.24) is 15.2 Å². The first-order valence-corrected chi connectivity index (χ1v) is 14.3. The minimum atomic E-state index is -0.248. The molecule has 0 aliphatic carbocycles. The van der Waals surface area contributed by atoms with Crippen molar-refractivity contribution in [2.75, 3.05) is 0 Å². The SMILES string of the molecule is c1ccc(C2NC(n3c4ccccc4c4cc5c(cc43)oc3ccccc35)=NC(c3ccc4ccccc4c3)N2)cc1. The highest BCUT2D eigenvalue weighted by Crippen LogP contribution is 2.37. The van der Waals surface area contributed by atoms with Crippen molar-refractivity contribution in [3.8, 4) is 0 Å². The topological polar surface area (TPSA) is 54.5 Å². The van der Waals surface area contributed by atoms with E-state index in [1.54, 1.807) is 0 Å². The smallest absolute Gasteiger partial charge is 0.206 e. The molecule has 8 aromatic rings. The Bertz CT molecular complexity index is 2330. The monoisotopic (exact) mass is 542 g/mol. The van der Waals surface area contributed by atoms with E-state index in [4.69, 9.17) is 9.41 Å². The molecule has 1 aliphatic heterocycles. The van der Waals surface area contributed by atoms with Crippen molar-refractivity contribution in [2.24, 2.45) is 4.99 Å². The zero-order chi connectivity index (χ0) is 27.6. The zero-order valence-corrected chi connectivity index (χ0v) is 22.7. The lowest BCUT2D eigenvalue weighted by atomic mass is 10.0. The maximum atomic E-state index is 6.33. The normalized spacial score (nSPS) is 17.3. The summed E-state index contributed by atoms with van der Waals surface area (Å²) in [6, 6.07) is 46.8. The van der Waals surface area contributed by atoms with Gasteiger partial charge in [-0.25, -0.2) is 4.99 Å². The Morgan fingerprint density at radius 2 is 1.31 bits per heavy atom. The standard InChI is InChI=1S/C37H26N4O/c1-2-11-24(12-3-1)35-38-36(26-19-18-23-10-4-5-13-25(23)20-26)40-37(39-35)41-31-16-8-6-14-27(31)29-21-30-28-15-7-9-17-33(28)42-34(30)22-32(29)41/h1-22,35-36,38H,(H,39,40). The number of hydrogen-bond acceptors (Lipinski definition) is 4. The number of furan rings is 1. The van der Waals surface area contributed by atoms with Gasteiger partial charge in [-0.05, 0) is 46.2 Å². The third kappa shape index (κ3) is 3.57. The van der Waals surface area contributed by atoms with Gasteiger partial charge in [0.2, 0.25) is 5.96 Å². The van der Waals surface area contributed by atoms with Gasteiger partial charge in [0, 0.05) is 27.6 Å². The molecule has 2 N–H and O–H groups in total. The van der Waals surface area contributed by atoms with Crippen LogP contribution in [0.15, 0.2) is 143 Å². The van der Waals surface area contributed by atoms with Gasteiger partial charge in [0.15, 0.2) is 0 Å². The highest BCUT2D eigenvalue weighted by Gasteiger charge is 2.28. The van der Waals surface area contributed by atoms with Gasteiger partial charge in [-0.15, -0.1) is 0 Å². The third-order valence-corrected chi connectivity index (χ3v) is 8.45. The molecule has 6 aromatic carbocycles. The molecule has 0 amide bonds. The molecule has 2 aromatic heterocycles. The lowest BCUT2D eigenvalue weighted by Gasteiger charge is -2.32. The van der Waals surface area contributed by atoms with E-state index < -0.39 is 0 Å². The lowest BCUT2D eigenvalue weighted by Crippen LogP contribution is -2.47. The summed E-state index contributed by atoms with van der Waals surface area (Å²) in [5, 5.41) is 14.5. The molecule has 3 heterocycles. The number of nitrogens with one attached hydrogen (secondary N) is 2. The van der Waals surface area contributed by atoms with Gasteiger partial charge in [0.05, 0.1) is 11.0 Å². The van der Waals surface area contributed by atoms with Crippen LogP contribution >= 0.6 is 0 Å². The number of rotatable bonds is 2. The Hall–Kier alpha value is -5.39. The van der Waals surface area contributed by atoms with E-state index in [0.717, 1.165) is 50.1 Å². The number of benzene rings is 6. The van der Waals surface area contributed by atoms with Gasteiger partial charge in [0.1, 0.15) is 23.5 Å². The Kier molecular flexibility index (Phi) is 5.03. The third-order valence-electron chi connectivity index (χ3n) is 8.45. The molecular formula is C37H26N4O. The first-order chi connectivity index (χ1) is 20.8. The van der Waals surface area contributed by atoms with Crippen LogP contribution in [0.4, 0.5) is 0 Å². The fourth-order valence-electron chi connectivity index (χ4n) is 6.44. The first kappa shape index (κ1) is 23.3. The highest BCUT2D eigenvalue weighted by atomic mass is 16.3. The van der Waals surface area contributed by atoms with Crippen LogP contribution in [0.25, 0.3) is 54.5 Å². The van der Waals surface area contributed by atoms with E-state index in [2.05, 4.69) is 130 Å². The molecule has 1 aliphatic rings. The van der Waals surface area contributed by atoms with Crippen molar-refractivity contribution in [2.45, 2.75) is 12.3 Å². The molecule has 0 saturated carbocycles. The summed E-state index contributed by atoms with van der Waals surface area (Å²) in [5.41, 5.74) is 6.19. The van der Waals surface area contributed by atoms with Crippen LogP contribution in [-0.4, -0.2) is 10.5 Å². The summed E-state index contributed by atoms with van der Waals surface area (Å²) < 4.78 is 8.59. The molecule has 5 heteroatoms. The summed E-state index contributed by atoms with van der Waals surface area (Å²) >= 11 is 0. The average Bonchev–Trinajstić information content (AvgIpc) is 3.58. The van der Waals surface area contributed by atoms with Crippen LogP contribution in [-0.2, 0) is 0 Å². The largest absolute Gasteiger partial charge is 0.456 e. The molecule has 42 heavy (non-hydrogen) atoms. The second-order valence-electron chi connectivity index (χ2n) is 10.9. The summed E-state index contributed by atoms with van der Waals surface area (Å²) in [5.74, 6) is 0.794. The van der Waals surface area contributed by atoms with E-state index in [1.807, 2.05) is 18.2 Å². The number of para-hydroxylation sites is 2. The van der Waals surface area contributed by atoms with E-state index in [0.29, 0.717) is 0 Å². The molecule has 0 bridgehead atoms. The van der Waals surface area contributed by atoms with Crippen LogP contribution in [0, 0.1) is 0 Å². The van der Waals surface area contributed by atoms with E-state index in [9.17, 15) is 0 Å². The minimum Gasteiger partial charge on any atom is -0.456 e. The quantitative estimate of drug-likeness (QED) is 0.230. The number of hydrogen-bond donors (Lipinski definition) is 2. The predicted molar refractivity (Wildman–Crippen MR) is 172 cm³/mol. The van der Waals surface area contributed by atoms with Gasteiger partial charge in [0.25, 0.3) is 0 Å². The van der Waals surface area contributed by atoms with Crippen LogP contribution < -0.4 is 10.6 Å². The van der Waals surface area contributed by atoms with Gasteiger partial charge in [-0.1, -0.05) is 103 Å². The van der Waals surface area contributed by atoms with E-state index in [-0.39, 0.29) is 12.3 Å². The Balaban J connectivity index is 1.29.